The van der Waals surface area contributed by atoms with Gasteiger partial charge in [-0.1, -0.05) is 6.07 Å². The Kier molecular flexibility index (Phi) is 5.02. The SMILES string of the molecule is C[C@H](C(=O)N1CCC([C@@H]2OCC[C@@H]2C(=O)O)CC1)c1cccs1. The van der Waals surface area contributed by atoms with Crippen molar-refractivity contribution in [2.24, 2.45) is 11.8 Å². The molecule has 126 valence electrons. The third-order valence-corrected chi connectivity index (χ3v) is 6.16. The maximum Gasteiger partial charge on any atom is 0.309 e. The molecule has 3 heterocycles. The van der Waals surface area contributed by atoms with E-state index in [1.165, 1.54) is 0 Å². The molecule has 1 N–H and O–H groups in total. The van der Waals surface area contributed by atoms with Crippen molar-refractivity contribution in [3.8, 4) is 0 Å². The van der Waals surface area contributed by atoms with E-state index in [2.05, 4.69) is 0 Å². The van der Waals surface area contributed by atoms with Gasteiger partial charge in [-0.15, -0.1) is 11.3 Å². The first-order valence-electron chi connectivity index (χ1n) is 8.24. The van der Waals surface area contributed by atoms with Crippen LogP contribution in [0.15, 0.2) is 17.5 Å². The highest BCUT2D eigenvalue weighted by Gasteiger charge is 2.41. The van der Waals surface area contributed by atoms with Crippen molar-refractivity contribution in [2.45, 2.75) is 38.2 Å². The zero-order chi connectivity index (χ0) is 16.4. The number of ether oxygens (including phenoxy) is 1. The molecular formula is C17H23NO4S. The van der Waals surface area contributed by atoms with Crippen LogP contribution in [0.5, 0.6) is 0 Å². The molecule has 1 aromatic heterocycles. The van der Waals surface area contributed by atoms with Crippen molar-refractivity contribution in [1.29, 1.82) is 0 Å². The summed E-state index contributed by atoms with van der Waals surface area (Å²) in [5.74, 6) is -0.807. The van der Waals surface area contributed by atoms with Crippen molar-refractivity contribution in [1.82, 2.24) is 4.90 Å². The summed E-state index contributed by atoms with van der Waals surface area (Å²) in [6.45, 7) is 3.90. The van der Waals surface area contributed by atoms with Gasteiger partial charge >= 0.3 is 5.97 Å². The molecule has 3 rings (SSSR count). The number of hydrogen-bond donors (Lipinski definition) is 1. The number of carbonyl (C=O) groups excluding carboxylic acids is 1. The molecule has 6 heteroatoms. The van der Waals surface area contributed by atoms with Crippen LogP contribution < -0.4 is 0 Å². The van der Waals surface area contributed by atoms with E-state index in [0.717, 1.165) is 17.7 Å². The number of piperidine rings is 1. The van der Waals surface area contributed by atoms with Crippen molar-refractivity contribution in [2.75, 3.05) is 19.7 Å². The van der Waals surface area contributed by atoms with Crippen molar-refractivity contribution in [3.05, 3.63) is 22.4 Å². The Morgan fingerprint density at radius 2 is 2.09 bits per heavy atom. The third kappa shape index (κ3) is 3.43. The van der Waals surface area contributed by atoms with Crippen LogP contribution in [0, 0.1) is 11.8 Å². The number of thiophene rings is 1. The Hall–Kier alpha value is -1.40. The molecule has 1 amide bonds. The van der Waals surface area contributed by atoms with Gasteiger partial charge < -0.3 is 14.7 Å². The summed E-state index contributed by atoms with van der Waals surface area (Å²) in [5.41, 5.74) is 0. The summed E-state index contributed by atoms with van der Waals surface area (Å²) in [6.07, 6.45) is 2.09. The van der Waals surface area contributed by atoms with E-state index in [1.54, 1.807) is 11.3 Å². The Balaban J connectivity index is 1.56. The van der Waals surface area contributed by atoms with Crippen molar-refractivity contribution >= 4 is 23.2 Å². The maximum absolute atomic E-state index is 12.6. The average Bonchev–Trinajstić information content (AvgIpc) is 3.24. The second kappa shape index (κ2) is 7.01. The lowest BCUT2D eigenvalue weighted by molar-refractivity contribution is -0.146. The smallest absolute Gasteiger partial charge is 0.309 e. The van der Waals surface area contributed by atoms with Gasteiger partial charge in [0.15, 0.2) is 0 Å². The standard InChI is InChI=1S/C17H23NO4S/c1-11(14-3-2-10-23-14)16(19)18-7-4-12(5-8-18)15-13(17(20)21)6-9-22-15/h2-3,10-13,15H,4-9H2,1H3,(H,20,21)/t11-,13-,15-/m0/s1. The zero-order valence-electron chi connectivity index (χ0n) is 13.3. The van der Waals surface area contributed by atoms with Gasteiger partial charge in [-0.05, 0) is 43.6 Å². The van der Waals surface area contributed by atoms with Crippen LogP contribution in [-0.2, 0) is 14.3 Å². The summed E-state index contributed by atoms with van der Waals surface area (Å²) in [4.78, 5) is 26.9. The largest absolute Gasteiger partial charge is 0.481 e. The number of amides is 1. The van der Waals surface area contributed by atoms with Crippen molar-refractivity contribution < 1.29 is 19.4 Å². The second-order valence-electron chi connectivity index (χ2n) is 6.47. The summed E-state index contributed by atoms with van der Waals surface area (Å²) >= 11 is 1.62. The van der Waals surface area contributed by atoms with Crippen LogP contribution in [-0.4, -0.2) is 47.7 Å². The first-order chi connectivity index (χ1) is 11.1. The fourth-order valence-electron chi connectivity index (χ4n) is 3.72. The molecule has 0 unspecified atom stereocenters. The molecule has 2 aliphatic rings. The molecule has 0 radical (unpaired) electrons. The van der Waals surface area contributed by atoms with Crippen molar-refractivity contribution in [3.63, 3.8) is 0 Å². The molecule has 5 nitrogen and oxygen atoms in total. The summed E-state index contributed by atoms with van der Waals surface area (Å²) < 4.78 is 5.69. The first-order valence-corrected chi connectivity index (χ1v) is 9.12. The second-order valence-corrected chi connectivity index (χ2v) is 7.45. The van der Waals surface area contributed by atoms with E-state index >= 15 is 0 Å². The highest BCUT2D eigenvalue weighted by atomic mass is 32.1. The topological polar surface area (TPSA) is 66.8 Å². The van der Waals surface area contributed by atoms with Gasteiger partial charge in [-0.25, -0.2) is 0 Å². The van der Waals surface area contributed by atoms with Crippen LogP contribution in [0.3, 0.4) is 0 Å². The predicted molar refractivity (Wildman–Crippen MR) is 87.5 cm³/mol. The van der Waals surface area contributed by atoms with Crippen LogP contribution in [0.2, 0.25) is 0 Å². The molecule has 0 saturated carbocycles. The Labute approximate surface area is 140 Å². The molecule has 0 aliphatic carbocycles. The molecule has 0 aromatic carbocycles. The Bertz CT molecular complexity index is 551. The lowest BCUT2D eigenvalue weighted by atomic mass is 9.84. The number of hydrogen-bond acceptors (Lipinski definition) is 4. The Morgan fingerprint density at radius 3 is 2.70 bits per heavy atom. The van der Waals surface area contributed by atoms with Gasteiger partial charge in [0.1, 0.15) is 0 Å². The number of nitrogens with zero attached hydrogens (tertiary/aromatic N) is 1. The Morgan fingerprint density at radius 1 is 1.35 bits per heavy atom. The highest BCUT2D eigenvalue weighted by molar-refractivity contribution is 7.10. The number of carbonyl (C=O) groups is 2. The van der Waals surface area contributed by atoms with Crippen LogP contribution in [0.25, 0.3) is 0 Å². The van der Waals surface area contributed by atoms with E-state index in [9.17, 15) is 14.7 Å². The number of carboxylic acids is 1. The predicted octanol–water partition coefficient (Wildman–Crippen LogP) is 2.58. The van der Waals surface area contributed by atoms with E-state index < -0.39 is 5.97 Å². The monoisotopic (exact) mass is 337 g/mol. The maximum atomic E-state index is 12.6. The normalized spacial score (nSPS) is 27.1. The van der Waals surface area contributed by atoms with Gasteiger partial charge in [0.05, 0.1) is 17.9 Å². The van der Waals surface area contributed by atoms with Crippen LogP contribution in [0.4, 0.5) is 0 Å². The molecule has 0 spiro atoms. The molecular weight excluding hydrogens is 314 g/mol. The molecule has 2 aliphatic heterocycles. The zero-order valence-corrected chi connectivity index (χ0v) is 14.1. The molecule has 2 saturated heterocycles. The minimum atomic E-state index is -0.752. The van der Waals surface area contributed by atoms with E-state index in [4.69, 9.17) is 4.74 Å². The lowest BCUT2D eigenvalue weighted by Gasteiger charge is -2.36. The number of carboxylic acid groups (broad SMARTS) is 1. The quantitative estimate of drug-likeness (QED) is 0.917. The fraction of sp³-hybridized carbons (Fsp3) is 0.647. The van der Waals surface area contributed by atoms with Gasteiger partial charge in [0, 0.05) is 24.6 Å². The lowest BCUT2D eigenvalue weighted by Crippen LogP contribution is -2.44. The highest BCUT2D eigenvalue weighted by Crippen LogP contribution is 2.34. The minimum Gasteiger partial charge on any atom is -0.481 e. The van der Waals surface area contributed by atoms with Gasteiger partial charge in [0.25, 0.3) is 0 Å². The summed E-state index contributed by atoms with van der Waals surface area (Å²) in [7, 11) is 0. The van der Waals surface area contributed by atoms with E-state index in [-0.39, 0.29) is 29.8 Å². The average molecular weight is 337 g/mol. The third-order valence-electron chi connectivity index (χ3n) is 5.11. The van der Waals surface area contributed by atoms with Gasteiger partial charge in [-0.3, -0.25) is 9.59 Å². The minimum absolute atomic E-state index is 0.0963. The fourth-order valence-corrected chi connectivity index (χ4v) is 4.50. The molecule has 23 heavy (non-hydrogen) atoms. The number of aliphatic carboxylic acids is 1. The van der Waals surface area contributed by atoms with E-state index in [0.29, 0.717) is 26.1 Å². The van der Waals surface area contributed by atoms with Gasteiger partial charge in [0.2, 0.25) is 5.91 Å². The van der Waals surface area contributed by atoms with E-state index in [1.807, 2.05) is 29.3 Å². The molecule has 3 atom stereocenters. The molecule has 0 bridgehead atoms. The summed E-state index contributed by atoms with van der Waals surface area (Å²) in [6, 6.07) is 3.98. The van der Waals surface area contributed by atoms with Crippen LogP contribution in [0.1, 0.15) is 37.0 Å². The first kappa shape index (κ1) is 16.5. The van der Waals surface area contributed by atoms with Crippen LogP contribution >= 0.6 is 11.3 Å². The molecule has 2 fully saturated rings. The molecule has 1 aromatic rings. The summed E-state index contributed by atoms with van der Waals surface area (Å²) in [5, 5.41) is 11.3. The number of rotatable bonds is 4. The van der Waals surface area contributed by atoms with Gasteiger partial charge in [-0.2, -0.15) is 0 Å². The number of likely N-dealkylation sites (tertiary alicyclic amines) is 1.